The topological polar surface area (TPSA) is 26.3 Å². The van der Waals surface area contributed by atoms with Gasteiger partial charge in [0.25, 0.3) is 0 Å². The zero-order chi connectivity index (χ0) is 18.2. The normalized spacial score (nSPS) is 16.2. The van der Waals surface area contributed by atoms with Gasteiger partial charge in [0, 0.05) is 6.42 Å². The second-order valence-electron chi connectivity index (χ2n) is 8.18. The fraction of sp³-hybridized carbons (Fsp3) is 0.957. The van der Waals surface area contributed by atoms with E-state index in [1.54, 1.807) is 0 Å². The van der Waals surface area contributed by atoms with E-state index < -0.39 is 0 Å². The van der Waals surface area contributed by atoms with Crippen molar-refractivity contribution in [1.82, 2.24) is 0 Å². The Bertz CT molecular complexity index is 307. The summed E-state index contributed by atoms with van der Waals surface area (Å²) in [5, 5.41) is 0. The van der Waals surface area contributed by atoms with Crippen LogP contribution in [0.4, 0.5) is 0 Å². The molecule has 1 rings (SSSR count). The molecule has 1 saturated carbocycles. The fourth-order valence-electron chi connectivity index (χ4n) is 4.07. The lowest BCUT2D eigenvalue weighted by Gasteiger charge is -2.17. The third-order valence-electron chi connectivity index (χ3n) is 5.86. The van der Waals surface area contributed by atoms with Crippen LogP contribution in [-0.4, -0.2) is 12.1 Å². The first kappa shape index (κ1) is 22.5. The summed E-state index contributed by atoms with van der Waals surface area (Å²) in [5.41, 5.74) is 0. The summed E-state index contributed by atoms with van der Waals surface area (Å²) in [7, 11) is 0. The average molecular weight is 353 g/mol. The van der Waals surface area contributed by atoms with Gasteiger partial charge in [-0.2, -0.15) is 0 Å². The van der Waals surface area contributed by atoms with E-state index in [1.807, 2.05) is 0 Å². The summed E-state index contributed by atoms with van der Waals surface area (Å²) in [6, 6.07) is 0. The van der Waals surface area contributed by atoms with Crippen molar-refractivity contribution in [2.45, 2.75) is 136 Å². The first-order valence-corrected chi connectivity index (χ1v) is 11.5. The lowest BCUT2D eigenvalue weighted by molar-refractivity contribution is -0.150. The Hall–Kier alpha value is -0.530. The standard InChI is InChI=1S/C23H44O2/c1-3-5-6-7-8-9-10-11-12-13-18-22(4-2)25-23(24)20-19-21-16-14-15-17-21/h21-22H,3-20H2,1-2H3. The van der Waals surface area contributed by atoms with Gasteiger partial charge in [0.15, 0.2) is 0 Å². The molecule has 0 N–H and O–H groups in total. The molecule has 1 aliphatic carbocycles. The highest BCUT2D eigenvalue weighted by Crippen LogP contribution is 2.28. The Morgan fingerprint density at radius 3 is 2.00 bits per heavy atom. The number of esters is 1. The molecule has 0 bridgehead atoms. The van der Waals surface area contributed by atoms with Gasteiger partial charge < -0.3 is 4.74 Å². The molecule has 1 atom stereocenters. The van der Waals surface area contributed by atoms with Crippen LogP contribution in [0.2, 0.25) is 0 Å². The smallest absolute Gasteiger partial charge is 0.306 e. The van der Waals surface area contributed by atoms with Crippen LogP contribution < -0.4 is 0 Å². The number of hydrogen-bond donors (Lipinski definition) is 0. The fourth-order valence-corrected chi connectivity index (χ4v) is 4.07. The number of rotatable bonds is 16. The molecule has 0 amide bonds. The molecular formula is C23H44O2. The quantitative estimate of drug-likeness (QED) is 0.211. The van der Waals surface area contributed by atoms with Gasteiger partial charge in [-0.3, -0.25) is 4.79 Å². The van der Waals surface area contributed by atoms with Crippen molar-refractivity contribution in [3.05, 3.63) is 0 Å². The molecule has 1 unspecified atom stereocenters. The zero-order valence-corrected chi connectivity index (χ0v) is 17.2. The summed E-state index contributed by atoms with van der Waals surface area (Å²) in [5.74, 6) is 0.834. The molecule has 148 valence electrons. The second kappa shape index (κ2) is 15.7. The minimum Gasteiger partial charge on any atom is -0.462 e. The Balaban J connectivity index is 1.93. The highest BCUT2D eigenvalue weighted by Gasteiger charge is 2.18. The molecule has 0 aromatic rings. The van der Waals surface area contributed by atoms with Crippen LogP contribution in [0.25, 0.3) is 0 Å². The van der Waals surface area contributed by atoms with E-state index >= 15 is 0 Å². The molecule has 25 heavy (non-hydrogen) atoms. The van der Waals surface area contributed by atoms with Gasteiger partial charge in [0.1, 0.15) is 6.10 Å². The molecule has 0 radical (unpaired) electrons. The Morgan fingerprint density at radius 2 is 1.44 bits per heavy atom. The molecule has 0 saturated heterocycles. The highest BCUT2D eigenvalue weighted by molar-refractivity contribution is 5.69. The van der Waals surface area contributed by atoms with Crippen molar-refractivity contribution < 1.29 is 9.53 Å². The Labute approximate surface area is 157 Å². The van der Waals surface area contributed by atoms with Crippen LogP contribution in [0.15, 0.2) is 0 Å². The Morgan fingerprint density at radius 1 is 0.880 bits per heavy atom. The first-order chi connectivity index (χ1) is 12.3. The molecule has 1 aliphatic rings. The number of hydrogen-bond acceptors (Lipinski definition) is 2. The average Bonchev–Trinajstić information content (AvgIpc) is 3.14. The van der Waals surface area contributed by atoms with Gasteiger partial charge in [-0.05, 0) is 31.6 Å². The van der Waals surface area contributed by atoms with Crippen molar-refractivity contribution >= 4 is 5.97 Å². The number of unbranched alkanes of at least 4 members (excludes halogenated alkanes) is 9. The molecule has 0 spiro atoms. The van der Waals surface area contributed by atoms with Crippen LogP contribution >= 0.6 is 0 Å². The first-order valence-electron chi connectivity index (χ1n) is 11.5. The van der Waals surface area contributed by atoms with E-state index in [1.165, 1.54) is 89.9 Å². The van der Waals surface area contributed by atoms with Crippen LogP contribution in [0, 0.1) is 5.92 Å². The summed E-state index contributed by atoms with van der Waals surface area (Å²) < 4.78 is 5.70. The number of carbonyl (C=O) groups excluding carboxylic acids is 1. The van der Waals surface area contributed by atoms with Crippen LogP contribution in [0.3, 0.4) is 0 Å². The van der Waals surface area contributed by atoms with E-state index in [2.05, 4.69) is 13.8 Å². The highest BCUT2D eigenvalue weighted by atomic mass is 16.5. The maximum atomic E-state index is 12.0. The van der Waals surface area contributed by atoms with Gasteiger partial charge >= 0.3 is 5.97 Å². The lowest BCUT2D eigenvalue weighted by atomic mass is 10.0. The van der Waals surface area contributed by atoms with Gasteiger partial charge in [0.05, 0.1) is 0 Å². The zero-order valence-electron chi connectivity index (χ0n) is 17.2. The van der Waals surface area contributed by atoms with E-state index in [0.29, 0.717) is 6.42 Å². The van der Waals surface area contributed by atoms with Crippen molar-refractivity contribution in [2.24, 2.45) is 5.92 Å². The summed E-state index contributed by atoms with van der Waals surface area (Å²) in [4.78, 5) is 12.0. The van der Waals surface area contributed by atoms with E-state index in [9.17, 15) is 4.79 Å². The van der Waals surface area contributed by atoms with Gasteiger partial charge in [0.2, 0.25) is 0 Å². The van der Waals surface area contributed by atoms with Crippen molar-refractivity contribution in [3.8, 4) is 0 Å². The molecule has 0 aliphatic heterocycles. The maximum absolute atomic E-state index is 12.0. The molecule has 0 heterocycles. The van der Waals surface area contributed by atoms with Crippen molar-refractivity contribution in [2.75, 3.05) is 0 Å². The molecular weight excluding hydrogens is 308 g/mol. The third kappa shape index (κ3) is 12.5. The van der Waals surface area contributed by atoms with Gasteiger partial charge in [-0.25, -0.2) is 0 Å². The molecule has 2 nitrogen and oxygen atoms in total. The molecule has 2 heteroatoms. The summed E-state index contributed by atoms with van der Waals surface area (Å²) in [6.45, 7) is 4.42. The largest absolute Gasteiger partial charge is 0.462 e. The second-order valence-corrected chi connectivity index (χ2v) is 8.18. The summed E-state index contributed by atoms with van der Waals surface area (Å²) in [6.07, 6.45) is 22.8. The van der Waals surface area contributed by atoms with E-state index in [0.717, 1.165) is 25.2 Å². The third-order valence-corrected chi connectivity index (χ3v) is 5.86. The minimum atomic E-state index is 0.0471. The van der Waals surface area contributed by atoms with Crippen LogP contribution in [0.5, 0.6) is 0 Å². The van der Waals surface area contributed by atoms with E-state index in [4.69, 9.17) is 4.74 Å². The summed E-state index contributed by atoms with van der Waals surface area (Å²) >= 11 is 0. The Kier molecular flexibility index (Phi) is 14.1. The predicted molar refractivity (Wildman–Crippen MR) is 108 cm³/mol. The van der Waals surface area contributed by atoms with Crippen molar-refractivity contribution in [1.29, 1.82) is 0 Å². The number of ether oxygens (including phenoxy) is 1. The monoisotopic (exact) mass is 352 g/mol. The van der Waals surface area contributed by atoms with E-state index in [-0.39, 0.29) is 12.1 Å². The predicted octanol–water partition coefficient (Wildman–Crippen LogP) is 7.59. The number of carbonyl (C=O) groups is 1. The lowest BCUT2D eigenvalue weighted by Crippen LogP contribution is -2.18. The van der Waals surface area contributed by atoms with Crippen molar-refractivity contribution in [3.63, 3.8) is 0 Å². The molecule has 0 aromatic carbocycles. The molecule has 1 fully saturated rings. The SMILES string of the molecule is CCCCCCCCCCCCC(CC)OC(=O)CCC1CCCC1. The van der Waals surface area contributed by atoms with Gasteiger partial charge in [-0.15, -0.1) is 0 Å². The van der Waals surface area contributed by atoms with Gasteiger partial charge in [-0.1, -0.05) is 97.3 Å². The van der Waals surface area contributed by atoms with Crippen LogP contribution in [0.1, 0.15) is 129 Å². The molecule has 0 aromatic heterocycles. The maximum Gasteiger partial charge on any atom is 0.306 e. The minimum absolute atomic E-state index is 0.0471. The van der Waals surface area contributed by atoms with Crippen LogP contribution in [-0.2, 0) is 9.53 Å².